The maximum atomic E-state index is 10.6. The average Bonchev–Trinajstić information content (AvgIpc) is 3.36. The van der Waals surface area contributed by atoms with Gasteiger partial charge in [0.05, 0.1) is 29.5 Å². The highest BCUT2D eigenvalue weighted by Crippen LogP contribution is 2.60. The molecule has 0 amide bonds. The fraction of sp³-hybridized carbons (Fsp3) is 0.878. The summed E-state index contributed by atoms with van der Waals surface area (Å²) >= 11 is 0. The van der Waals surface area contributed by atoms with E-state index in [1.807, 2.05) is 41.5 Å². The van der Waals surface area contributed by atoms with Gasteiger partial charge in [0.15, 0.2) is 0 Å². The van der Waals surface area contributed by atoms with E-state index in [0.29, 0.717) is 49.3 Å². The summed E-state index contributed by atoms with van der Waals surface area (Å²) in [4.78, 5) is 10.6. The summed E-state index contributed by atoms with van der Waals surface area (Å²) in [7, 11) is 0. The molecule has 3 rings (SSSR count). The lowest BCUT2D eigenvalue weighted by atomic mass is 9.60. The smallest absolute Gasteiger partial charge is 0.145 e. The molecule has 3 aliphatic rings. The fourth-order valence-corrected chi connectivity index (χ4v) is 8.91. The summed E-state index contributed by atoms with van der Waals surface area (Å²) in [6, 6.07) is 0. The second kappa shape index (κ2) is 18.4. The molecule has 7 atom stereocenters. The molecule has 0 bridgehead atoms. The topological polar surface area (TPSA) is 97.3 Å². The minimum Gasteiger partial charge on any atom is -0.390 e. The van der Waals surface area contributed by atoms with Crippen LogP contribution in [0.5, 0.6) is 0 Å². The van der Waals surface area contributed by atoms with Gasteiger partial charge in [-0.1, -0.05) is 56.9 Å². The molecule has 278 valence electrons. The van der Waals surface area contributed by atoms with Gasteiger partial charge in [-0.3, -0.25) is 5.32 Å². The molecule has 0 heterocycles. The second-order valence-corrected chi connectivity index (χ2v) is 17.7. The van der Waals surface area contributed by atoms with Crippen LogP contribution in [0.15, 0.2) is 23.3 Å². The Balaban J connectivity index is 1.43. The van der Waals surface area contributed by atoms with Crippen molar-refractivity contribution < 1.29 is 29.2 Å². The van der Waals surface area contributed by atoms with E-state index in [9.17, 15) is 15.0 Å². The maximum Gasteiger partial charge on any atom is 0.145 e. The van der Waals surface area contributed by atoms with Gasteiger partial charge in [0.25, 0.3) is 0 Å². The number of nitrogens with one attached hydrogen (secondary N) is 1. The molecular weight excluding hydrogens is 602 g/mol. The van der Waals surface area contributed by atoms with Gasteiger partial charge in [-0.2, -0.15) is 0 Å². The summed E-state index contributed by atoms with van der Waals surface area (Å²) in [5.41, 5.74) is 1.98. The highest BCUT2D eigenvalue weighted by atomic mass is 16.6. The Bertz CT molecular complexity index is 1040. The van der Waals surface area contributed by atoms with Gasteiger partial charge in [-0.15, -0.1) is 0 Å². The van der Waals surface area contributed by atoms with Crippen LogP contribution in [0, 0.1) is 29.1 Å². The lowest BCUT2D eigenvalue weighted by molar-refractivity contribution is -0.139. The number of carbonyl (C=O) groups excluding carboxylic acids is 1. The molecule has 3 N–H and O–H groups in total. The van der Waals surface area contributed by atoms with Crippen LogP contribution in [0.3, 0.4) is 0 Å². The molecule has 0 radical (unpaired) electrons. The Morgan fingerprint density at radius 3 is 2.44 bits per heavy atom. The lowest BCUT2D eigenvalue weighted by Gasteiger charge is -2.44. The molecule has 2 unspecified atom stereocenters. The van der Waals surface area contributed by atoms with Crippen molar-refractivity contribution in [2.24, 2.45) is 29.1 Å². The van der Waals surface area contributed by atoms with Crippen molar-refractivity contribution in [3.05, 3.63) is 23.3 Å². The third-order valence-corrected chi connectivity index (χ3v) is 11.8. The fourth-order valence-electron chi connectivity index (χ4n) is 8.91. The van der Waals surface area contributed by atoms with Gasteiger partial charge in [0, 0.05) is 13.0 Å². The summed E-state index contributed by atoms with van der Waals surface area (Å²) in [6.07, 6.45) is 19.7. The lowest BCUT2D eigenvalue weighted by Crippen LogP contribution is -2.42. The molecule has 3 aliphatic carbocycles. The van der Waals surface area contributed by atoms with Crippen LogP contribution in [0.1, 0.15) is 146 Å². The molecule has 7 nitrogen and oxygen atoms in total. The molecule has 3 fully saturated rings. The van der Waals surface area contributed by atoms with E-state index in [1.54, 1.807) is 5.57 Å². The molecule has 0 aliphatic heterocycles. The first-order valence-electron chi connectivity index (χ1n) is 19.3. The Kier molecular flexibility index (Phi) is 15.9. The Hall–Kier alpha value is -1.09. The molecule has 7 heteroatoms. The normalized spacial score (nSPS) is 30.1. The number of fused-ring (bicyclic) bond motifs is 1. The minimum atomic E-state index is -0.671. The first-order valence-corrected chi connectivity index (χ1v) is 19.3. The van der Waals surface area contributed by atoms with Crippen molar-refractivity contribution in [3.63, 3.8) is 0 Å². The van der Waals surface area contributed by atoms with Crippen molar-refractivity contribution in [1.29, 1.82) is 0 Å². The third kappa shape index (κ3) is 13.2. The van der Waals surface area contributed by atoms with E-state index in [1.165, 1.54) is 50.5 Å². The van der Waals surface area contributed by atoms with E-state index in [4.69, 9.17) is 14.2 Å². The van der Waals surface area contributed by atoms with Gasteiger partial charge in [-0.05, 0) is 141 Å². The molecule has 0 aromatic carbocycles. The zero-order valence-electron chi connectivity index (χ0n) is 32.2. The number of aldehydes is 1. The van der Waals surface area contributed by atoms with Crippen molar-refractivity contribution in [1.82, 2.24) is 5.32 Å². The Labute approximate surface area is 294 Å². The number of hydrogen-bond acceptors (Lipinski definition) is 7. The van der Waals surface area contributed by atoms with Gasteiger partial charge in [0.2, 0.25) is 0 Å². The Morgan fingerprint density at radius 1 is 1.00 bits per heavy atom. The van der Waals surface area contributed by atoms with E-state index in [-0.39, 0.29) is 12.7 Å². The molecular formula is C41H73NO6. The molecule has 0 saturated heterocycles. The molecule has 0 aromatic rings. The van der Waals surface area contributed by atoms with Gasteiger partial charge in [-0.25, -0.2) is 0 Å². The number of aliphatic hydroxyl groups excluding tert-OH is 1. The molecule has 0 spiro atoms. The van der Waals surface area contributed by atoms with Crippen molar-refractivity contribution in [2.75, 3.05) is 26.4 Å². The van der Waals surface area contributed by atoms with Crippen LogP contribution in [0.4, 0.5) is 0 Å². The molecule has 3 saturated carbocycles. The highest BCUT2D eigenvalue weighted by Gasteiger charge is 2.50. The Morgan fingerprint density at radius 2 is 1.73 bits per heavy atom. The number of rotatable bonds is 20. The van der Waals surface area contributed by atoms with Crippen molar-refractivity contribution in [2.45, 2.75) is 175 Å². The largest absolute Gasteiger partial charge is 0.390 e. The molecule has 48 heavy (non-hydrogen) atoms. The van der Waals surface area contributed by atoms with E-state index in [0.717, 1.165) is 44.3 Å². The predicted octanol–water partition coefficient (Wildman–Crippen LogP) is 8.32. The standard InChI is InChI=1S/C41H73NO6/c1-30-15-18-34(46-25-12-23-42-37(44)28-39(5,6)48-29-40(7,8)47-26-24-43)27-33(30)17-16-32-14-11-22-41(9)35(19-20-36(32)41)31(2)13-10-21-38(3,4)45/h16-17,24,30-31,34-37,42,44-45H,10-15,18-23,25-29H2,1-9H3/b32-16+,33-17-/t30?,31-,34+,35-,36+,37?,41-/m1/s1. The maximum absolute atomic E-state index is 10.6. The van der Waals surface area contributed by atoms with Crippen LogP contribution in [-0.2, 0) is 19.0 Å². The van der Waals surface area contributed by atoms with Crippen LogP contribution in [0.25, 0.3) is 0 Å². The van der Waals surface area contributed by atoms with Gasteiger partial charge in [0.1, 0.15) is 19.1 Å². The highest BCUT2D eigenvalue weighted by molar-refractivity contribution is 5.50. The summed E-state index contributed by atoms with van der Waals surface area (Å²) in [5.74, 6) is 2.82. The van der Waals surface area contributed by atoms with Crippen LogP contribution in [0.2, 0.25) is 0 Å². The second-order valence-electron chi connectivity index (χ2n) is 17.7. The number of hydrogen-bond donors (Lipinski definition) is 3. The quantitative estimate of drug-likeness (QED) is 0.0679. The monoisotopic (exact) mass is 676 g/mol. The zero-order chi connectivity index (χ0) is 35.6. The van der Waals surface area contributed by atoms with Crippen LogP contribution < -0.4 is 5.32 Å². The summed E-state index contributed by atoms with van der Waals surface area (Å²) in [6.45, 7) is 20.8. The average molecular weight is 676 g/mol. The van der Waals surface area contributed by atoms with E-state index < -0.39 is 23.0 Å². The van der Waals surface area contributed by atoms with Crippen molar-refractivity contribution in [3.8, 4) is 0 Å². The number of carbonyl (C=O) groups is 1. The van der Waals surface area contributed by atoms with Crippen LogP contribution >= 0.6 is 0 Å². The predicted molar refractivity (Wildman–Crippen MR) is 196 cm³/mol. The SMILES string of the molecule is CC1CC[C@H](OCCCNC(O)CC(C)(C)OCC(C)(C)OCC=O)C/C1=C/C=C1\CCC[C@]2(C)[C@@H]([C@H](C)CCCC(C)(C)O)CC[C@@H]12. The first-order chi connectivity index (χ1) is 22.4. The number of allylic oxidation sites excluding steroid dienone is 3. The van der Waals surface area contributed by atoms with Gasteiger partial charge < -0.3 is 29.2 Å². The van der Waals surface area contributed by atoms with Crippen LogP contribution in [-0.4, -0.2) is 72.0 Å². The summed E-state index contributed by atoms with van der Waals surface area (Å²) < 4.78 is 17.9. The van der Waals surface area contributed by atoms with Crippen molar-refractivity contribution >= 4 is 6.29 Å². The molecule has 0 aromatic heterocycles. The van der Waals surface area contributed by atoms with Gasteiger partial charge >= 0.3 is 0 Å². The number of aliphatic hydroxyl groups is 2. The van der Waals surface area contributed by atoms with E-state index in [2.05, 4.69) is 38.2 Å². The first kappa shape index (κ1) is 41.3. The number of ether oxygens (including phenoxy) is 3. The zero-order valence-corrected chi connectivity index (χ0v) is 32.2. The minimum absolute atomic E-state index is 0.0471. The summed E-state index contributed by atoms with van der Waals surface area (Å²) in [5, 5.41) is 24.0. The van der Waals surface area contributed by atoms with E-state index >= 15 is 0 Å². The third-order valence-electron chi connectivity index (χ3n) is 11.8.